The number of hydrogen-bond donors (Lipinski definition) is 1. The summed E-state index contributed by atoms with van der Waals surface area (Å²) < 4.78 is 5.65. The first-order chi connectivity index (χ1) is 9.84. The van der Waals surface area contributed by atoms with Gasteiger partial charge in [0.15, 0.2) is 0 Å². The van der Waals surface area contributed by atoms with Gasteiger partial charge in [0.1, 0.15) is 0 Å². The molecule has 4 nitrogen and oxygen atoms in total. The van der Waals surface area contributed by atoms with Crippen LogP contribution in [0, 0.1) is 0 Å². The number of aryl methyl sites for hydroxylation is 1. The summed E-state index contributed by atoms with van der Waals surface area (Å²) in [6, 6.07) is 8.28. The average Bonchev–Trinajstić information content (AvgIpc) is 2.70. The largest absolute Gasteiger partial charge is 0.375 e. The molecule has 1 atom stereocenters. The zero-order valence-electron chi connectivity index (χ0n) is 12.2. The van der Waals surface area contributed by atoms with Gasteiger partial charge in [-0.25, -0.2) is 0 Å². The van der Waals surface area contributed by atoms with E-state index in [2.05, 4.69) is 23.5 Å². The number of rotatable bonds is 2. The van der Waals surface area contributed by atoms with Crippen molar-refractivity contribution < 1.29 is 9.53 Å². The molecule has 1 unspecified atom stereocenters. The molecule has 1 fully saturated rings. The smallest absolute Gasteiger partial charge is 0.229 e. The lowest BCUT2D eigenvalue weighted by molar-refractivity contribution is -0.121. The number of benzene rings is 1. The van der Waals surface area contributed by atoms with E-state index < -0.39 is 0 Å². The number of hydrogen-bond acceptors (Lipinski definition) is 3. The molecule has 1 aromatic rings. The lowest BCUT2D eigenvalue weighted by Crippen LogP contribution is -2.42. The molecule has 21 heavy (non-hydrogen) atoms. The number of amides is 1. The standard InChI is InChI=1S/C16H22N2O2.ClH/c19-16(11-14-12-17-8-10-20-14)18-9-4-3-6-13-5-1-2-7-15(13)18;/h1-2,5,7,14,17H,3-4,6,8-12H2;1H. The van der Waals surface area contributed by atoms with E-state index in [9.17, 15) is 4.79 Å². The van der Waals surface area contributed by atoms with Crippen LogP contribution < -0.4 is 10.2 Å². The summed E-state index contributed by atoms with van der Waals surface area (Å²) in [4.78, 5) is 14.6. The van der Waals surface area contributed by atoms with Gasteiger partial charge in [0, 0.05) is 25.3 Å². The lowest BCUT2D eigenvalue weighted by Gasteiger charge is -2.27. The second-order valence-corrected chi connectivity index (χ2v) is 5.53. The van der Waals surface area contributed by atoms with Gasteiger partial charge in [-0.2, -0.15) is 0 Å². The van der Waals surface area contributed by atoms with E-state index >= 15 is 0 Å². The van der Waals surface area contributed by atoms with E-state index in [1.807, 2.05) is 11.0 Å². The number of halogens is 1. The Morgan fingerprint density at radius 3 is 3.00 bits per heavy atom. The molecule has 0 spiro atoms. The zero-order chi connectivity index (χ0) is 13.8. The third-order valence-corrected chi connectivity index (χ3v) is 4.07. The number of para-hydroxylation sites is 1. The van der Waals surface area contributed by atoms with Gasteiger partial charge in [-0.15, -0.1) is 12.4 Å². The van der Waals surface area contributed by atoms with Gasteiger partial charge in [0.2, 0.25) is 5.91 Å². The summed E-state index contributed by atoms with van der Waals surface area (Å²) in [6.07, 6.45) is 3.79. The SMILES string of the molecule is Cl.O=C(CC1CNCCO1)N1CCCCc2ccccc21. The second-order valence-electron chi connectivity index (χ2n) is 5.53. The first-order valence-electron chi connectivity index (χ1n) is 7.55. The summed E-state index contributed by atoms with van der Waals surface area (Å²) in [6.45, 7) is 3.20. The number of ether oxygens (including phenoxy) is 1. The van der Waals surface area contributed by atoms with Crippen molar-refractivity contribution in [3.05, 3.63) is 29.8 Å². The minimum Gasteiger partial charge on any atom is -0.375 e. The fraction of sp³-hybridized carbons (Fsp3) is 0.562. The average molecular weight is 311 g/mol. The second kappa shape index (κ2) is 7.78. The summed E-state index contributed by atoms with van der Waals surface area (Å²) >= 11 is 0. The molecule has 2 aliphatic rings. The lowest BCUT2D eigenvalue weighted by atomic mass is 10.1. The van der Waals surface area contributed by atoms with E-state index in [1.54, 1.807) is 0 Å². The van der Waals surface area contributed by atoms with E-state index in [0.29, 0.717) is 13.0 Å². The van der Waals surface area contributed by atoms with Crippen molar-refractivity contribution in [2.75, 3.05) is 31.1 Å². The Hall–Kier alpha value is -1.10. The van der Waals surface area contributed by atoms with Crippen LogP contribution in [0.4, 0.5) is 5.69 Å². The van der Waals surface area contributed by atoms with Crippen LogP contribution in [0.3, 0.4) is 0 Å². The third-order valence-electron chi connectivity index (χ3n) is 4.07. The van der Waals surface area contributed by atoms with E-state index in [4.69, 9.17) is 4.74 Å². The van der Waals surface area contributed by atoms with E-state index in [1.165, 1.54) is 5.56 Å². The molecule has 0 saturated carbocycles. The van der Waals surface area contributed by atoms with E-state index in [0.717, 1.165) is 44.6 Å². The molecule has 2 heterocycles. The van der Waals surface area contributed by atoms with Crippen molar-refractivity contribution in [2.45, 2.75) is 31.8 Å². The molecule has 116 valence electrons. The van der Waals surface area contributed by atoms with Gasteiger partial charge < -0.3 is 15.0 Å². The van der Waals surface area contributed by atoms with Crippen LogP contribution in [0.1, 0.15) is 24.8 Å². The van der Waals surface area contributed by atoms with Crippen LogP contribution in [0.15, 0.2) is 24.3 Å². The fourth-order valence-corrected chi connectivity index (χ4v) is 3.01. The highest BCUT2D eigenvalue weighted by Crippen LogP contribution is 2.27. The number of anilines is 1. The monoisotopic (exact) mass is 310 g/mol. The van der Waals surface area contributed by atoms with Crippen molar-refractivity contribution >= 4 is 24.0 Å². The van der Waals surface area contributed by atoms with Crippen molar-refractivity contribution in [1.82, 2.24) is 5.32 Å². The van der Waals surface area contributed by atoms with Gasteiger partial charge >= 0.3 is 0 Å². The Kier molecular flexibility index (Phi) is 6.03. The molecule has 0 bridgehead atoms. The van der Waals surface area contributed by atoms with Crippen LogP contribution in [0.5, 0.6) is 0 Å². The van der Waals surface area contributed by atoms with E-state index in [-0.39, 0.29) is 24.4 Å². The zero-order valence-corrected chi connectivity index (χ0v) is 13.0. The first-order valence-corrected chi connectivity index (χ1v) is 7.55. The first kappa shape index (κ1) is 16.3. The van der Waals surface area contributed by atoms with Crippen LogP contribution in [-0.2, 0) is 16.0 Å². The normalized spacial score (nSPS) is 21.9. The number of carbonyl (C=O) groups excluding carboxylic acids is 1. The Balaban J connectivity index is 0.00000161. The third kappa shape index (κ3) is 3.96. The number of nitrogens with zero attached hydrogens (tertiary/aromatic N) is 1. The van der Waals surface area contributed by atoms with Crippen LogP contribution >= 0.6 is 12.4 Å². The molecule has 0 aliphatic carbocycles. The molecule has 3 rings (SSSR count). The predicted octanol–water partition coefficient (Wildman–Crippen LogP) is 2.16. The Bertz CT molecular complexity index is 475. The summed E-state index contributed by atoms with van der Waals surface area (Å²) in [7, 11) is 0. The highest BCUT2D eigenvalue weighted by molar-refractivity contribution is 5.94. The maximum atomic E-state index is 12.6. The van der Waals surface area contributed by atoms with Gasteiger partial charge in [0.05, 0.1) is 19.1 Å². The maximum Gasteiger partial charge on any atom is 0.229 e. The van der Waals surface area contributed by atoms with Crippen LogP contribution in [-0.4, -0.2) is 38.3 Å². The van der Waals surface area contributed by atoms with Crippen LogP contribution in [0.2, 0.25) is 0 Å². The van der Waals surface area contributed by atoms with Crippen molar-refractivity contribution in [2.24, 2.45) is 0 Å². The fourth-order valence-electron chi connectivity index (χ4n) is 3.01. The molecule has 1 saturated heterocycles. The molecule has 0 radical (unpaired) electrons. The Morgan fingerprint density at radius 2 is 2.19 bits per heavy atom. The molecule has 1 N–H and O–H groups in total. The van der Waals surface area contributed by atoms with Crippen molar-refractivity contribution in [3.63, 3.8) is 0 Å². The van der Waals surface area contributed by atoms with Gasteiger partial charge in [-0.05, 0) is 30.9 Å². The number of nitrogens with one attached hydrogen (secondary N) is 1. The molecule has 1 amide bonds. The minimum absolute atomic E-state index is 0. The summed E-state index contributed by atoms with van der Waals surface area (Å²) in [5.74, 6) is 0.188. The molecule has 1 aromatic carbocycles. The van der Waals surface area contributed by atoms with Crippen molar-refractivity contribution in [1.29, 1.82) is 0 Å². The summed E-state index contributed by atoms with van der Waals surface area (Å²) in [5, 5.41) is 3.28. The molecular weight excluding hydrogens is 288 g/mol. The molecule has 2 aliphatic heterocycles. The highest BCUT2D eigenvalue weighted by atomic mass is 35.5. The Labute approximate surface area is 132 Å². The molecule has 0 aromatic heterocycles. The molecule has 5 heteroatoms. The maximum absolute atomic E-state index is 12.6. The predicted molar refractivity (Wildman–Crippen MR) is 86.2 cm³/mol. The number of fused-ring (bicyclic) bond motifs is 1. The highest BCUT2D eigenvalue weighted by Gasteiger charge is 2.24. The minimum atomic E-state index is 0. The summed E-state index contributed by atoms with van der Waals surface area (Å²) in [5.41, 5.74) is 2.39. The van der Waals surface area contributed by atoms with Crippen molar-refractivity contribution in [3.8, 4) is 0 Å². The number of morpholine rings is 1. The topological polar surface area (TPSA) is 41.6 Å². The van der Waals surface area contributed by atoms with Gasteiger partial charge in [-0.1, -0.05) is 18.2 Å². The quantitative estimate of drug-likeness (QED) is 0.910. The van der Waals surface area contributed by atoms with Gasteiger partial charge in [-0.3, -0.25) is 4.79 Å². The van der Waals surface area contributed by atoms with Crippen LogP contribution in [0.25, 0.3) is 0 Å². The molecular formula is C16H23ClN2O2. The Morgan fingerprint density at radius 1 is 1.33 bits per heavy atom. The van der Waals surface area contributed by atoms with Gasteiger partial charge in [0.25, 0.3) is 0 Å². The number of carbonyl (C=O) groups is 1.